The third kappa shape index (κ3) is 5.61. The number of ether oxygens (including phenoxy) is 2. The average Bonchev–Trinajstić information content (AvgIpc) is 3.67. The molecule has 3 aromatic heterocycles. The molecule has 2 aromatic carbocycles. The molecule has 6 N–H and O–H groups in total. The van der Waals surface area contributed by atoms with Crippen molar-refractivity contribution in [3.05, 3.63) is 102 Å². The zero-order valence-corrected chi connectivity index (χ0v) is 28.9. The van der Waals surface area contributed by atoms with Crippen molar-refractivity contribution in [2.45, 2.75) is 49.7 Å². The molecule has 13 heteroatoms. The van der Waals surface area contributed by atoms with Crippen LogP contribution in [0.2, 0.25) is 0 Å². The number of fused-ring (bicyclic) bond motifs is 1. The highest BCUT2D eigenvalue weighted by atomic mass is 32.1. The van der Waals surface area contributed by atoms with Gasteiger partial charge in [-0.3, -0.25) is 4.79 Å². The van der Waals surface area contributed by atoms with Gasteiger partial charge in [0.05, 0.1) is 27.2 Å². The number of benzene rings is 2. The van der Waals surface area contributed by atoms with E-state index in [0.717, 1.165) is 48.5 Å². The van der Waals surface area contributed by atoms with E-state index in [1.54, 1.807) is 18.2 Å². The van der Waals surface area contributed by atoms with Gasteiger partial charge in [-0.25, -0.2) is 4.79 Å². The minimum absolute atomic E-state index is 0.0128. The van der Waals surface area contributed by atoms with Gasteiger partial charge in [0.1, 0.15) is 23.1 Å². The molecule has 3 heterocycles. The average molecular weight is 720 g/mol. The van der Waals surface area contributed by atoms with E-state index in [1.807, 2.05) is 47.2 Å². The second kappa shape index (κ2) is 13.0. The number of aromatic nitrogens is 1. The Morgan fingerprint density at radius 1 is 1.08 bits per heavy atom. The monoisotopic (exact) mass is 719 g/mol. The summed E-state index contributed by atoms with van der Waals surface area (Å²) in [7, 11) is 0. The van der Waals surface area contributed by atoms with Crippen molar-refractivity contribution in [2.24, 2.45) is 17.3 Å². The van der Waals surface area contributed by atoms with Crippen LogP contribution in [0, 0.1) is 17.3 Å². The van der Waals surface area contributed by atoms with Gasteiger partial charge in [0, 0.05) is 41.9 Å². The fourth-order valence-corrected chi connectivity index (χ4v) is 10.6. The van der Waals surface area contributed by atoms with Gasteiger partial charge in [-0.15, -0.1) is 22.7 Å². The molecule has 0 bridgehead atoms. The lowest BCUT2D eigenvalue weighted by molar-refractivity contribution is -0.192. The van der Waals surface area contributed by atoms with Gasteiger partial charge in [-0.1, -0.05) is 41.7 Å². The summed E-state index contributed by atoms with van der Waals surface area (Å²) in [6, 6.07) is 18.6. The number of phenols is 1. The highest BCUT2D eigenvalue weighted by Gasteiger charge is 2.85. The molecule has 0 aliphatic heterocycles. The first-order chi connectivity index (χ1) is 23.8. The molecule has 0 radical (unpaired) electrons. The Morgan fingerprint density at radius 3 is 2.51 bits per heavy atom. The quantitative estimate of drug-likeness (QED) is 0.0659. The maximum Gasteiger partial charge on any atom is 0.349 e. The van der Waals surface area contributed by atoms with E-state index < -0.39 is 17.7 Å². The van der Waals surface area contributed by atoms with Gasteiger partial charge in [0.2, 0.25) is 5.60 Å². The third-order valence-corrected chi connectivity index (χ3v) is 13.5. The van der Waals surface area contributed by atoms with Crippen LogP contribution in [0.15, 0.2) is 76.2 Å². The van der Waals surface area contributed by atoms with E-state index >= 15 is 0 Å². The fraction of sp³-hybridized carbons (Fsp3) is 0.389. The van der Waals surface area contributed by atoms with Crippen LogP contribution >= 0.6 is 34.0 Å². The molecule has 6 atom stereocenters. The molecule has 10 nitrogen and oxygen atoms in total. The van der Waals surface area contributed by atoms with Gasteiger partial charge in [0.15, 0.2) is 0 Å². The van der Waals surface area contributed by atoms with E-state index in [4.69, 9.17) is 9.47 Å². The summed E-state index contributed by atoms with van der Waals surface area (Å²) in [4.78, 5) is 28.8. The smallest absolute Gasteiger partial charge is 0.349 e. The molecular weight excluding hydrogens is 683 g/mol. The maximum atomic E-state index is 13.5. The van der Waals surface area contributed by atoms with Crippen LogP contribution in [0.25, 0.3) is 10.2 Å². The second-order valence-corrected chi connectivity index (χ2v) is 16.0. The number of phenolic OH excluding ortho intramolecular Hbond substituents is 1. The zero-order chi connectivity index (χ0) is 33.8. The van der Waals surface area contributed by atoms with Crippen molar-refractivity contribution < 1.29 is 29.6 Å². The fourth-order valence-electron chi connectivity index (χ4n) is 7.99. The van der Waals surface area contributed by atoms with Crippen molar-refractivity contribution in [3.8, 4) is 11.5 Å². The second-order valence-electron chi connectivity index (χ2n) is 13.1. The van der Waals surface area contributed by atoms with E-state index in [1.165, 1.54) is 28.7 Å². The number of nitrogens with one attached hydrogen (secondary N) is 3. The number of thiophene rings is 2. The van der Waals surface area contributed by atoms with Crippen LogP contribution in [0.5, 0.6) is 11.5 Å². The summed E-state index contributed by atoms with van der Waals surface area (Å²) < 4.78 is 12.7. The first kappa shape index (κ1) is 32.6. The number of aromatic hydroxyl groups is 1. The summed E-state index contributed by atoms with van der Waals surface area (Å²) in [6.07, 6.45) is 2.05. The zero-order valence-electron chi connectivity index (χ0n) is 26.5. The first-order valence-electron chi connectivity index (χ1n) is 16.5. The van der Waals surface area contributed by atoms with Crippen LogP contribution in [0.4, 0.5) is 0 Å². The number of thiazole rings is 1. The summed E-state index contributed by atoms with van der Waals surface area (Å²) in [5, 5.41) is 43.0. The minimum Gasteiger partial charge on any atom is -0.506 e. The Kier molecular flexibility index (Phi) is 8.63. The molecule has 3 aliphatic rings. The van der Waals surface area contributed by atoms with Crippen LogP contribution in [-0.2, 0) is 21.7 Å². The molecule has 5 unspecified atom stereocenters. The van der Waals surface area contributed by atoms with Crippen molar-refractivity contribution in [3.63, 3.8) is 0 Å². The van der Waals surface area contributed by atoms with E-state index in [-0.39, 0.29) is 28.7 Å². The Bertz CT molecular complexity index is 1960. The van der Waals surface area contributed by atoms with Crippen molar-refractivity contribution in [1.82, 2.24) is 15.6 Å². The van der Waals surface area contributed by atoms with Crippen molar-refractivity contribution >= 4 is 50.2 Å². The van der Waals surface area contributed by atoms with E-state index in [2.05, 4.69) is 15.6 Å². The number of esters is 1. The van der Waals surface area contributed by atoms with Crippen LogP contribution in [0.3, 0.4) is 0 Å². The molecule has 5 aromatic rings. The lowest BCUT2D eigenvalue weighted by Gasteiger charge is -2.51. The highest BCUT2D eigenvalue weighted by Crippen LogP contribution is 2.81. The summed E-state index contributed by atoms with van der Waals surface area (Å²) >= 11 is 3.69. The number of hydrogen-bond acceptors (Lipinski definition) is 12. The normalized spacial score (nSPS) is 24.4. The summed E-state index contributed by atoms with van der Waals surface area (Å²) in [5.74, 6) is 0.863. The number of carbonyl (C=O) groups excluding carboxylic acids is 1. The number of hydrogen-bond donors (Lipinski definition) is 6. The Morgan fingerprint density at radius 2 is 1.84 bits per heavy atom. The van der Waals surface area contributed by atoms with Crippen LogP contribution < -0.4 is 20.2 Å². The Labute approximate surface area is 294 Å². The molecule has 3 aliphatic carbocycles. The van der Waals surface area contributed by atoms with Gasteiger partial charge in [-0.2, -0.15) is 0 Å². The molecule has 1 spiro atoms. The topological polar surface area (TPSA) is 153 Å². The minimum atomic E-state index is -1.77. The Balaban J connectivity index is 0.767. The van der Waals surface area contributed by atoms with E-state index in [9.17, 15) is 24.9 Å². The van der Waals surface area contributed by atoms with E-state index in [0.29, 0.717) is 56.6 Å². The Hall–Kier alpha value is -3.56. The standard InChI is InChI=1S/C36H37N3O7S3/c40-24-11-10-22(31-29(24)39-34(43)49-31)25(41)19-37-18-20-6-8-21(9-7-20)45-15-3-14-38-32-28-30(23-12-13-35(23,28)32)46-33(42)36(44,26-4-1-16-47-26)27-5-2-17-48-27/h1-2,4-11,16-17,23,25,28,30,32,37-38,40-41,44H,3,12-15,18-19H2,(H,39,43)/t23?,25-,28?,30?,32?,35?/m0/s1. The molecule has 3 fully saturated rings. The molecule has 0 saturated heterocycles. The number of aliphatic hydroxyl groups is 2. The lowest BCUT2D eigenvalue weighted by Crippen LogP contribution is -2.54. The third-order valence-electron chi connectivity index (χ3n) is 10.6. The number of carbonyl (C=O) groups is 1. The number of aromatic amines is 1. The molecule has 49 heavy (non-hydrogen) atoms. The SMILES string of the molecule is O=C(OC1C2CCC23C(NCCCOc2ccc(CNC[C@H](O)c4ccc(O)c5[nH]c(=O)sc45)cc2)C13)C(O)(c1cccs1)c1cccs1. The van der Waals surface area contributed by atoms with Crippen molar-refractivity contribution in [2.75, 3.05) is 19.7 Å². The maximum absolute atomic E-state index is 13.5. The summed E-state index contributed by atoms with van der Waals surface area (Å²) in [6.45, 7) is 2.22. The number of H-pyrrole nitrogens is 1. The molecule has 256 valence electrons. The first-order valence-corrected chi connectivity index (χ1v) is 19.1. The summed E-state index contributed by atoms with van der Waals surface area (Å²) in [5.41, 5.74) is 0.465. The number of aliphatic hydroxyl groups excluding tert-OH is 1. The largest absolute Gasteiger partial charge is 0.506 e. The molecule has 0 amide bonds. The van der Waals surface area contributed by atoms with Gasteiger partial charge in [0.25, 0.3) is 0 Å². The van der Waals surface area contributed by atoms with Gasteiger partial charge >= 0.3 is 10.8 Å². The van der Waals surface area contributed by atoms with Crippen LogP contribution in [0.1, 0.15) is 46.2 Å². The van der Waals surface area contributed by atoms with Gasteiger partial charge < -0.3 is 40.4 Å². The van der Waals surface area contributed by atoms with Gasteiger partial charge in [-0.05, 0) is 72.5 Å². The molecular formula is C36H37N3O7S3. The lowest BCUT2D eigenvalue weighted by atomic mass is 9.56. The highest BCUT2D eigenvalue weighted by molar-refractivity contribution is 7.16. The molecule has 3 saturated carbocycles. The predicted octanol–water partition coefficient (Wildman–Crippen LogP) is 4.86. The number of rotatable bonds is 15. The van der Waals surface area contributed by atoms with Crippen LogP contribution in [-0.4, -0.2) is 58.1 Å². The van der Waals surface area contributed by atoms with Crippen molar-refractivity contribution in [1.29, 1.82) is 0 Å². The molecule has 8 rings (SSSR count). The predicted molar refractivity (Wildman–Crippen MR) is 189 cm³/mol.